The fraction of sp³-hybridized carbons (Fsp3) is 0.500. The van der Waals surface area contributed by atoms with Crippen LogP contribution in [-0.4, -0.2) is 46.4 Å². The quantitative estimate of drug-likeness (QED) is 0.698. The second kappa shape index (κ2) is 9.49. The maximum Gasteiger partial charge on any atom is 0.225 e. The molecule has 3 rings (SSSR count). The van der Waals surface area contributed by atoms with E-state index in [9.17, 15) is 9.18 Å². The molecule has 1 fully saturated rings. The van der Waals surface area contributed by atoms with Gasteiger partial charge in [-0.1, -0.05) is 32.0 Å². The number of carbonyl (C=O) groups is 1. The fourth-order valence-corrected chi connectivity index (χ4v) is 4.28. The van der Waals surface area contributed by atoms with Crippen molar-refractivity contribution < 1.29 is 9.18 Å². The largest absolute Gasteiger partial charge is 0.340 e. The van der Waals surface area contributed by atoms with Crippen LogP contribution in [0.3, 0.4) is 0 Å². The van der Waals surface area contributed by atoms with Crippen LogP contribution in [0.25, 0.3) is 0 Å². The van der Waals surface area contributed by atoms with E-state index in [1.807, 2.05) is 37.1 Å². The molecule has 0 N–H and O–H groups in total. The van der Waals surface area contributed by atoms with Crippen molar-refractivity contribution in [1.29, 1.82) is 0 Å². The molecule has 2 atom stereocenters. The third-order valence-corrected chi connectivity index (χ3v) is 5.75. The van der Waals surface area contributed by atoms with Crippen molar-refractivity contribution in [3.05, 3.63) is 65.7 Å². The zero-order chi connectivity index (χ0) is 21.0. The summed E-state index contributed by atoms with van der Waals surface area (Å²) in [5, 5.41) is 0. The molecule has 2 aromatic rings. The van der Waals surface area contributed by atoms with Crippen LogP contribution >= 0.6 is 0 Å². The minimum atomic E-state index is -0.203. The van der Waals surface area contributed by atoms with Crippen molar-refractivity contribution in [3.63, 3.8) is 0 Å². The number of likely N-dealkylation sites (tertiary alicyclic amines) is 1. The predicted octanol–water partition coefficient (Wildman–Crippen LogP) is 4.33. The molecular formula is C24H32FN3O. The van der Waals surface area contributed by atoms with Gasteiger partial charge in [-0.25, -0.2) is 4.39 Å². The first kappa shape index (κ1) is 21.4. The maximum atomic E-state index is 13.9. The highest BCUT2D eigenvalue weighted by molar-refractivity contribution is 5.78. The predicted molar refractivity (Wildman–Crippen MR) is 114 cm³/mol. The van der Waals surface area contributed by atoms with E-state index in [-0.39, 0.29) is 35.5 Å². The van der Waals surface area contributed by atoms with Gasteiger partial charge in [-0.3, -0.25) is 14.7 Å². The zero-order valence-electron chi connectivity index (χ0n) is 17.9. The minimum Gasteiger partial charge on any atom is -0.340 e. The van der Waals surface area contributed by atoms with Gasteiger partial charge in [0.05, 0.1) is 0 Å². The van der Waals surface area contributed by atoms with Gasteiger partial charge in [0.15, 0.2) is 0 Å². The Labute approximate surface area is 173 Å². The number of nitrogens with zero attached hydrogens (tertiary/aromatic N) is 3. The normalized spacial score (nSPS) is 19.8. The Morgan fingerprint density at radius 1 is 1.21 bits per heavy atom. The summed E-state index contributed by atoms with van der Waals surface area (Å²) in [6.45, 7) is 11.3. The number of benzene rings is 1. The molecule has 0 spiro atoms. The molecule has 4 nitrogen and oxygen atoms in total. The van der Waals surface area contributed by atoms with Crippen LogP contribution in [0.15, 0.2) is 48.8 Å². The van der Waals surface area contributed by atoms with Gasteiger partial charge in [0.2, 0.25) is 5.91 Å². The summed E-state index contributed by atoms with van der Waals surface area (Å²) in [5.74, 6) is 0.412. The van der Waals surface area contributed by atoms with Gasteiger partial charge in [0.1, 0.15) is 5.82 Å². The van der Waals surface area contributed by atoms with Gasteiger partial charge in [0.25, 0.3) is 0 Å². The third-order valence-electron chi connectivity index (χ3n) is 5.75. The average molecular weight is 398 g/mol. The highest BCUT2D eigenvalue weighted by Crippen LogP contribution is 2.35. The average Bonchev–Trinajstić information content (AvgIpc) is 3.08. The smallest absolute Gasteiger partial charge is 0.225 e. The van der Waals surface area contributed by atoms with E-state index in [0.29, 0.717) is 6.54 Å². The van der Waals surface area contributed by atoms with E-state index < -0.39 is 0 Å². The van der Waals surface area contributed by atoms with Crippen LogP contribution in [-0.2, 0) is 11.3 Å². The SMILES string of the molecule is CC(C)C(=O)N(CC1CN(Cc2cccnc2)CC1c1cccc(F)c1)C(C)C. The number of halogens is 1. The van der Waals surface area contributed by atoms with Crippen LogP contribution in [0.2, 0.25) is 0 Å². The number of rotatable bonds is 7. The van der Waals surface area contributed by atoms with Crippen LogP contribution in [0.1, 0.15) is 44.7 Å². The van der Waals surface area contributed by atoms with Crippen molar-refractivity contribution in [2.24, 2.45) is 11.8 Å². The van der Waals surface area contributed by atoms with E-state index in [0.717, 1.165) is 25.2 Å². The van der Waals surface area contributed by atoms with Crippen LogP contribution in [0, 0.1) is 17.7 Å². The molecule has 1 aliphatic rings. The van der Waals surface area contributed by atoms with Crippen LogP contribution in [0.4, 0.5) is 4.39 Å². The molecule has 5 heteroatoms. The Bertz CT molecular complexity index is 809. The molecule has 1 saturated heterocycles. The Morgan fingerprint density at radius 2 is 2.00 bits per heavy atom. The third kappa shape index (κ3) is 5.41. The molecule has 156 valence electrons. The van der Waals surface area contributed by atoms with Crippen molar-refractivity contribution in [3.8, 4) is 0 Å². The first-order chi connectivity index (χ1) is 13.8. The molecule has 1 amide bonds. The number of aromatic nitrogens is 1. The number of carbonyl (C=O) groups excluding carboxylic acids is 1. The standard InChI is InChI=1S/C24H32FN3O/c1-17(2)24(29)28(18(3)4)15-21-14-27(13-19-7-6-10-26-12-19)16-23(21)20-8-5-9-22(25)11-20/h5-12,17-18,21,23H,13-16H2,1-4H3. The van der Waals surface area contributed by atoms with E-state index in [2.05, 4.69) is 29.8 Å². The molecule has 0 saturated carbocycles. The van der Waals surface area contributed by atoms with Gasteiger partial charge < -0.3 is 4.90 Å². The van der Waals surface area contributed by atoms with E-state index >= 15 is 0 Å². The highest BCUT2D eigenvalue weighted by atomic mass is 19.1. The number of amides is 1. The van der Waals surface area contributed by atoms with Crippen molar-refractivity contribution >= 4 is 5.91 Å². The topological polar surface area (TPSA) is 36.4 Å². The lowest BCUT2D eigenvalue weighted by atomic mass is 9.88. The lowest BCUT2D eigenvalue weighted by Gasteiger charge is -2.33. The number of hydrogen-bond donors (Lipinski definition) is 0. The second-order valence-corrected chi connectivity index (χ2v) is 8.72. The monoisotopic (exact) mass is 397 g/mol. The van der Waals surface area contributed by atoms with Gasteiger partial charge in [-0.05, 0) is 49.1 Å². The van der Waals surface area contributed by atoms with Gasteiger partial charge in [-0.2, -0.15) is 0 Å². The van der Waals surface area contributed by atoms with Crippen LogP contribution < -0.4 is 0 Å². The Morgan fingerprint density at radius 3 is 2.62 bits per heavy atom. The first-order valence-electron chi connectivity index (χ1n) is 10.5. The van der Waals surface area contributed by atoms with Crippen molar-refractivity contribution in [1.82, 2.24) is 14.8 Å². The van der Waals surface area contributed by atoms with E-state index in [1.165, 1.54) is 11.6 Å². The lowest BCUT2D eigenvalue weighted by Crippen LogP contribution is -2.43. The Balaban J connectivity index is 1.83. The summed E-state index contributed by atoms with van der Waals surface area (Å²) in [5.41, 5.74) is 2.19. The molecule has 1 aromatic heterocycles. The molecule has 2 heterocycles. The molecule has 1 aromatic carbocycles. The van der Waals surface area contributed by atoms with E-state index in [4.69, 9.17) is 0 Å². The second-order valence-electron chi connectivity index (χ2n) is 8.72. The molecular weight excluding hydrogens is 365 g/mol. The highest BCUT2D eigenvalue weighted by Gasteiger charge is 2.36. The molecule has 0 aliphatic carbocycles. The van der Waals surface area contributed by atoms with E-state index in [1.54, 1.807) is 18.3 Å². The minimum absolute atomic E-state index is 0.0297. The van der Waals surface area contributed by atoms with Crippen molar-refractivity contribution in [2.75, 3.05) is 19.6 Å². The first-order valence-corrected chi connectivity index (χ1v) is 10.5. The summed E-state index contributed by atoms with van der Waals surface area (Å²) in [4.78, 5) is 21.4. The molecule has 29 heavy (non-hydrogen) atoms. The number of pyridine rings is 1. The fourth-order valence-electron chi connectivity index (χ4n) is 4.28. The Kier molecular flexibility index (Phi) is 7.01. The molecule has 0 radical (unpaired) electrons. The van der Waals surface area contributed by atoms with Crippen molar-refractivity contribution in [2.45, 2.75) is 46.2 Å². The van der Waals surface area contributed by atoms with Crippen LogP contribution in [0.5, 0.6) is 0 Å². The van der Waals surface area contributed by atoms with Gasteiger partial charge in [0, 0.05) is 56.5 Å². The summed E-state index contributed by atoms with van der Waals surface area (Å²) in [6, 6.07) is 11.1. The van der Waals surface area contributed by atoms with Gasteiger partial charge in [-0.15, -0.1) is 0 Å². The summed E-state index contributed by atoms with van der Waals surface area (Å²) >= 11 is 0. The summed E-state index contributed by atoms with van der Waals surface area (Å²) < 4.78 is 13.9. The van der Waals surface area contributed by atoms with Gasteiger partial charge >= 0.3 is 0 Å². The number of hydrogen-bond acceptors (Lipinski definition) is 3. The molecule has 1 aliphatic heterocycles. The summed E-state index contributed by atoms with van der Waals surface area (Å²) in [7, 11) is 0. The lowest BCUT2D eigenvalue weighted by molar-refractivity contribution is -0.136. The molecule has 2 unspecified atom stereocenters. The maximum absolute atomic E-state index is 13.9. The summed E-state index contributed by atoms with van der Waals surface area (Å²) in [6.07, 6.45) is 3.68. The zero-order valence-corrected chi connectivity index (χ0v) is 17.9. The Hall–Kier alpha value is -2.27. The molecule has 0 bridgehead atoms.